The number of carbonyl (C=O) groups excluding carboxylic acids is 2. The van der Waals surface area contributed by atoms with Crippen LogP contribution in [-0.4, -0.2) is 28.5 Å². The van der Waals surface area contributed by atoms with E-state index in [0.717, 1.165) is 9.75 Å². The zero-order valence-electron chi connectivity index (χ0n) is 15.7. The first-order valence-corrected chi connectivity index (χ1v) is 10.4. The molecule has 0 unspecified atom stereocenters. The minimum absolute atomic E-state index is 0.0971. The van der Waals surface area contributed by atoms with Gasteiger partial charge >= 0.3 is 6.09 Å². The van der Waals surface area contributed by atoms with Gasteiger partial charge in [0.1, 0.15) is 11.6 Å². The summed E-state index contributed by atoms with van der Waals surface area (Å²) >= 11 is 3.24. The zero-order valence-corrected chi connectivity index (χ0v) is 17.3. The summed E-state index contributed by atoms with van der Waals surface area (Å²) in [7, 11) is 0. The highest BCUT2D eigenvalue weighted by Crippen LogP contribution is 2.19. The van der Waals surface area contributed by atoms with Crippen molar-refractivity contribution < 1.29 is 14.3 Å². The van der Waals surface area contributed by atoms with E-state index < -0.39 is 17.7 Å². The molecule has 0 aliphatic heterocycles. The van der Waals surface area contributed by atoms with E-state index in [4.69, 9.17) is 4.74 Å². The number of ether oxygens (including phenoxy) is 1. The SMILES string of the molecule is CC[C@H](NC(=O)OC(C)(C)C)C(=O)N(Cc1cccs1)Cc1cccs1. The van der Waals surface area contributed by atoms with Crippen molar-refractivity contribution in [2.24, 2.45) is 0 Å². The summed E-state index contributed by atoms with van der Waals surface area (Å²) < 4.78 is 5.30. The summed E-state index contributed by atoms with van der Waals surface area (Å²) in [6, 6.07) is 7.38. The number of alkyl carbamates (subject to hydrolysis) is 1. The normalized spacial score (nSPS) is 12.5. The van der Waals surface area contributed by atoms with Crippen molar-refractivity contribution >= 4 is 34.7 Å². The molecular formula is C19H26N2O3S2. The summed E-state index contributed by atoms with van der Waals surface area (Å²) in [4.78, 5) is 29.2. The van der Waals surface area contributed by atoms with Crippen LogP contribution >= 0.6 is 22.7 Å². The standard InChI is InChI=1S/C19H26N2O3S2/c1-5-16(20-18(23)24-19(2,3)4)17(22)21(12-14-8-6-10-25-14)13-15-9-7-11-26-15/h6-11,16H,5,12-13H2,1-4H3,(H,20,23)/t16-/m0/s1. The number of hydrogen-bond donors (Lipinski definition) is 1. The van der Waals surface area contributed by atoms with Crippen molar-refractivity contribution in [3.8, 4) is 0 Å². The molecule has 0 radical (unpaired) electrons. The number of hydrogen-bond acceptors (Lipinski definition) is 5. The third kappa shape index (κ3) is 6.46. The highest BCUT2D eigenvalue weighted by molar-refractivity contribution is 7.10. The third-order valence-electron chi connectivity index (χ3n) is 3.56. The van der Waals surface area contributed by atoms with Crippen LogP contribution in [-0.2, 0) is 22.6 Å². The lowest BCUT2D eigenvalue weighted by molar-refractivity contribution is -0.134. The van der Waals surface area contributed by atoms with E-state index in [1.165, 1.54) is 0 Å². The minimum atomic E-state index is -0.607. The molecule has 2 amide bonds. The first-order valence-electron chi connectivity index (χ1n) is 8.61. The van der Waals surface area contributed by atoms with Crippen molar-refractivity contribution in [2.75, 3.05) is 0 Å². The molecule has 0 bridgehead atoms. The Balaban J connectivity index is 2.10. The number of carbonyl (C=O) groups is 2. The summed E-state index contributed by atoms with van der Waals surface area (Å²) in [6.07, 6.45) is -0.0615. The molecule has 1 N–H and O–H groups in total. The average molecular weight is 395 g/mol. The third-order valence-corrected chi connectivity index (χ3v) is 5.28. The van der Waals surface area contributed by atoms with E-state index in [9.17, 15) is 9.59 Å². The summed E-state index contributed by atoms with van der Waals surface area (Å²) in [5.41, 5.74) is -0.598. The van der Waals surface area contributed by atoms with Gasteiger partial charge in [-0.3, -0.25) is 4.79 Å². The van der Waals surface area contributed by atoms with Gasteiger partial charge in [0.2, 0.25) is 5.91 Å². The molecule has 5 nitrogen and oxygen atoms in total. The van der Waals surface area contributed by atoms with Gasteiger partial charge < -0.3 is 15.0 Å². The van der Waals surface area contributed by atoms with Gasteiger partial charge in [-0.25, -0.2) is 4.79 Å². The van der Waals surface area contributed by atoms with Gasteiger partial charge in [-0.05, 0) is 50.1 Å². The molecule has 1 atom stereocenters. The molecule has 142 valence electrons. The van der Waals surface area contributed by atoms with E-state index in [2.05, 4.69) is 5.32 Å². The molecule has 0 aromatic carbocycles. The molecule has 0 aliphatic carbocycles. The second kappa shape index (κ2) is 9.19. The highest BCUT2D eigenvalue weighted by Gasteiger charge is 2.27. The Labute approximate surface area is 163 Å². The van der Waals surface area contributed by atoms with Crippen LogP contribution in [0, 0.1) is 0 Å². The summed E-state index contributed by atoms with van der Waals surface area (Å²) in [5.74, 6) is -0.0971. The Morgan fingerprint density at radius 1 is 1.12 bits per heavy atom. The maximum absolute atomic E-state index is 13.1. The molecule has 26 heavy (non-hydrogen) atoms. The molecule has 2 aromatic rings. The average Bonchev–Trinajstić information content (AvgIpc) is 3.23. The topological polar surface area (TPSA) is 58.6 Å². The smallest absolute Gasteiger partial charge is 0.408 e. The lowest BCUT2D eigenvalue weighted by Crippen LogP contribution is -2.48. The predicted molar refractivity (Wildman–Crippen MR) is 106 cm³/mol. The van der Waals surface area contributed by atoms with Crippen molar-refractivity contribution in [2.45, 2.75) is 58.8 Å². The largest absolute Gasteiger partial charge is 0.444 e. The maximum atomic E-state index is 13.1. The molecular weight excluding hydrogens is 368 g/mol. The van der Waals surface area contributed by atoms with Crippen LogP contribution in [0.25, 0.3) is 0 Å². The van der Waals surface area contributed by atoms with Crippen LogP contribution in [0.3, 0.4) is 0 Å². The number of rotatable bonds is 7. The quantitative estimate of drug-likeness (QED) is 0.744. The van der Waals surface area contributed by atoms with Crippen LogP contribution in [0.15, 0.2) is 35.0 Å². The zero-order chi connectivity index (χ0) is 19.2. The fourth-order valence-electron chi connectivity index (χ4n) is 2.40. The van der Waals surface area contributed by atoms with Crippen molar-refractivity contribution in [3.63, 3.8) is 0 Å². The van der Waals surface area contributed by atoms with E-state index in [-0.39, 0.29) is 5.91 Å². The Morgan fingerprint density at radius 3 is 2.04 bits per heavy atom. The molecule has 2 aromatic heterocycles. The Morgan fingerprint density at radius 2 is 1.65 bits per heavy atom. The van der Waals surface area contributed by atoms with Gasteiger partial charge in [-0.2, -0.15) is 0 Å². The lowest BCUT2D eigenvalue weighted by atomic mass is 10.2. The molecule has 2 heterocycles. The molecule has 2 rings (SSSR count). The number of amides is 2. The van der Waals surface area contributed by atoms with Crippen molar-refractivity contribution in [1.82, 2.24) is 10.2 Å². The second-order valence-corrected chi connectivity index (χ2v) is 9.02. The minimum Gasteiger partial charge on any atom is -0.444 e. The monoisotopic (exact) mass is 394 g/mol. The molecule has 7 heteroatoms. The van der Waals surface area contributed by atoms with Gasteiger partial charge in [0.15, 0.2) is 0 Å². The number of nitrogens with one attached hydrogen (secondary N) is 1. The molecule has 0 fully saturated rings. The van der Waals surface area contributed by atoms with Crippen molar-refractivity contribution in [3.05, 3.63) is 44.8 Å². The van der Waals surface area contributed by atoms with Crippen molar-refractivity contribution in [1.29, 1.82) is 0 Å². The second-order valence-electron chi connectivity index (χ2n) is 6.96. The van der Waals surface area contributed by atoms with E-state index in [1.54, 1.807) is 48.3 Å². The lowest BCUT2D eigenvalue weighted by Gasteiger charge is -2.28. The van der Waals surface area contributed by atoms with E-state index in [1.807, 2.05) is 41.9 Å². The maximum Gasteiger partial charge on any atom is 0.408 e. The van der Waals surface area contributed by atoms with Gasteiger partial charge in [0, 0.05) is 9.75 Å². The van der Waals surface area contributed by atoms with Crippen LogP contribution in [0.2, 0.25) is 0 Å². The van der Waals surface area contributed by atoms with Gasteiger partial charge in [0.25, 0.3) is 0 Å². The van der Waals surface area contributed by atoms with Crippen LogP contribution in [0.1, 0.15) is 43.9 Å². The first-order chi connectivity index (χ1) is 12.3. The van der Waals surface area contributed by atoms with Gasteiger partial charge in [-0.15, -0.1) is 22.7 Å². The van der Waals surface area contributed by atoms with Gasteiger partial charge in [0.05, 0.1) is 13.1 Å². The van der Waals surface area contributed by atoms with Gasteiger partial charge in [-0.1, -0.05) is 19.1 Å². The van der Waals surface area contributed by atoms with Crippen LogP contribution in [0.5, 0.6) is 0 Å². The highest BCUT2D eigenvalue weighted by atomic mass is 32.1. The Hall–Kier alpha value is -1.86. The number of thiophene rings is 2. The molecule has 0 saturated heterocycles. The van der Waals surface area contributed by atoms with E-state index in [0.29, 0.717) is 19.5 Å². The first kappa shape index (κ1) is 20.5. The van der Waals surface area contributed by atoms with Crippen LogP contribution in [0.4, 0.5) is 4.79 Å². The van der Waals surface area contributed by atoms with Crippen LogP contribution < -0.4 is 5.32 Å². The Kier molecular flexibility index (Phi) is 7.23. The summed E-state index contributed by atoms with van der Waals surface area (Å²) in [6.45, 7) is 8.34. The molecule has 0 spiro atoms. The fraction of sp³-hybridized carbons (Fsp3) is 0.474. The molecule has 0 saturated carbocycles. The number of nitrogens with zero attached hydrogens (tertiary/aromatic N) is 1. The van der Waals surface area contributed by atoms with E-state index >= 15 is 0 Å². The fourth-order valence-corrected chi connectivity index (χ4v) is 3.84. The Bertz CT molecular complexity index is 655. The molecule has 0 aliphatic rings. The summed E-state index contributed by atoms with van der Waals surface area (Å²) in [5, 5.41) is 6.72. The predicted octanol–water partition coefficient (Wildman–Crippen LogP) is 4.64.